The topological polar surface area (TPSA) is 59.8 Å². The summed E-state index contributed by atoms with van der Waals surface area (Å²) in [6.07, 6.45) is 3.43. The number of rotatable bonds is 5. The van der Waals surface area contributed by atoms with Crippen LogP contribution in [0.5, 0.6) is 0 Å². The molecule has 0 atom stereocenters. The van der Waals surface area contributed by atoms with Crippen LogP contribution in [0.4, 0.5) is 5.69 Å². The van der Waals surface area contributed by atoms with E-state index in [1.807, 2.05) is 19.1 Å². The normalized spacial score (nSPS) is 10.9. The van der Waals surface area contributed by atoms with Crippen molar-refractivity contribution in [1.29, 1.82) is 0 Å². The lowest BCUT2D eigenvalue weighted by Gasteiger charge is -2.12. The highest BCUT2D eigenvalue weighted by atomic mass is 79.9. The van der Waals surface area contributed by atoms with Crippen LogP contribution in [-0.4, -0.2) is 14.8 Å². The van der Waals surface area contributed by atoms with Gasteiger partial charge in [-0.05, 0) is 40.4 Å². The van der Waals surface area contributed by atoms with Crippen LogP contribution in [0, 0.1) is 12.8 Å². The molecule has 2 heterocycles. The molecule has 112 valence electrons. The maximum Gasteiger partial charge on any atom is 0.283 e. The zero-order valence-electron chi connectivity index (χ0n) is 12.4. The first-order chi connectivity index (χ1) is 9.99. The van der Waals surface area contributed by atoms with Gasteiger partial charge in [0.2, 0.25) is 0 Å². The predicted molar refractivity (Wildman–Crippen MR) is 87.3 cm³/mol. The van der Waals surface area contributed by atoms with Crippen LogP contribution in [-0.2, 0) is 13.1 Å². The quantitative estimate of drug-likeness (QED) is 0.900. The fourth-order valence-corrected chi connectivity index (χ4v) is 2.39. The molecule has 0 saturated heterocycles. The average molecular weight is 351 g/mol. The van der Waals surface area contributed by atoms with Gasteiger partial charge in [-0.1, -0.05) is 19.9 Å². The fourth-order valence-electron chi connectivity index (χ4n) is 1.95. The molecule has 0 aliphatic heterocycles. The Morgan fingerprint density at radius 1 is 1.43 bits per heavy atom. The average Bonchev–Trinajstić information content (AvgIpc) is 2.44. The Balaban J connectivity index is 2.17. The molecule has 0 aromatic carbocycles. The van der Waals surface area contributed by atoms with Gasteiger partial charge in [-0.15, -0.1) is 0 Å². The maximum absolute atomic E-state index is 12.2. The van der Waals surface area contributed by atoms with E-state index in [1.165, 1.54) is 4.68 Å². The SMILES string of the molecule is Cc1cccnc1CNc1cnn(CC(C)C)c(=O)c1Br. The van der Waals surface area contributed by atoms with Crippen LogP contribution in [0.1, 0.15) is 25.1 Å². The van der Waals surface area contributed by atoms with E-state index in [0.717, 1.165) is 11.3 Å². The van der Waals surface area contributed by atoms with Crippen molar-refractivity contribution in [1.82, 2.24) is 14.8 Å². The lowest BCUT2D eigenvalue weighted by atomic mass is 10.2. The molecule has 0 aliphatic rings. The second-order valence-corrected chi connectivity index (χ2v) is 6.17. The van der Waals surface area contributed by atoms with E-state index in [0.29, 0.717) is 29.2 Å². The molecule has 2 aromatic rings. The van der Waals surface area contributed by atoms with E-state index in [2.05, 4.69) is 45.2 Å². The molecular formula is C15H19BrN4O. The van der Waals surface area contributed by atoms with E-state index in [1.54, 1.807) is 12.4 Å². The lowest BCUT2D eigenvalue weighted by molar-refractivity contribution is 0.462. The van der Waals surface area contributed by atoms with Crippen molar-refractivity contribution in [3.63, 3.8) is 0 Å². The Labute approximate surface area is 132 Å². The summed E-state index contributed by atoms with van der Waals surface area (Å²) in [6, 6.07) is 3.92. The molecule has 0 saturated carbocycles. The first-order valence-electron chi connectivity index (χ1n) is 6.89. The summed E-state index contributed by atoms with van der Waals surface area (Å²) >= 11 is 3.36. The highest BCUT2D eigenvalue weighted by Gasteiger charge is 2.10. The van der Waals surface area contributed by atoms with Crippen molar-refractivity contribution in [2.24, 2.45) is 5.92 Å². The van der Waals surface area contributed by atoms with Gasteiger partial charge in [0.25, 0.3) is 5.56 Å². The first kappa shape index (κ1) is 15.7. The summed E-state index contributed by atoms with van der Waals surface area (Å²) in [5.41, 5.74) is 2.63. The van der Waals surface area contributed by atoms with Crippen LogP contribution >= 0.6 is 15.9 Å². The summed E-state index contributed by atoms with van der Waals surface area (Å²) in [5, 5.41) is 7.41. The Morgan fingerprint density at radius 3 is 2.86 bits per heavy atom. The fraction of sp³-hybridized carbons (Fsp3) is 0.400. The van der Waals surface area contributed by atoms with Gasteiger partial charge in [-0.3, -0.25) is 9.78 Å². The molecule has 5 nitrogen and oxygen atoms in total. The van der Waals surface area contributed by atoms with Gasteiger partial charge >= 0.3 is 0 Å². The number of nitrogens with one attached hydrogen (secondary N) is 1. The third kappa shape index (κ3) is 3.91. The van der Waals surface area contributed by atoms with Gasteiger partial charge in [-0.25, -0.2) is 4.68 Å². The zero-order chi connectivity index (χ0) is 15.4. The van der Waals surface area contributed by atoms with E-state index in [-0.39, 0.29) is 5.56 Å². The number of hydrogen-bond donors (Lipinski definition) is 1. The van der Waals surface area contributed by atoms with Crippen LogP contribution in [0.2, 0.25) is 0 Å². The predicted octanol–water partition coefficient (Wildman–Crippen LogP) is 2.98. The summed E-state index contributed by atoms with van der Waals surface area (Å²) in [4.78, 5) is 16.5. The van der Waals surface area contributed by atoms with Crippen LogP contribution in [0.15, 0.2) is 33.8 Å². The zero-order valence-corrected chi connectivity index (χ0v) is 14.0. The van der Waals surface area contributed by atoms with E-state index < -0.39 is 0 Å². The van der Waals surface area contributed by atoms with Gasteiger partial charge in [-0.2, -0.15) is 5.10 Å². The van der Waals surface area contributed by atoms with Crippen LogP contribution in [0.25, 0.3) is 0 Å². The third-order valence-electron chi connectivity index (χ3n) is 3.09. The molecule has 0 radical (unpaired) electrons. The van der Waals surface area contributed by atoms with Crippen molar-refractivity contribution in [2.45, 2.75) is 33.9 Å². The van der Waals surface area contributed by atoms with Gasteiger partial charge < -0.3 is 5.32 Å². The molecule has 0 spiro atoms. The largest absolute Gasteiger partial charge is 0.377 e. The van der Waals surface area contributed by atoms with Gasteiger partial charge in [0.1, 0.15) is 4.47 Å². The minimum absolute atomic E-state index is 0.119. The second-order valence-electron chi connectivity index (χ2n) is 5.37. The highest BCUT2D eigenvalue weighted by molar-refractivity contribution is 9.10. The van der Waals surface area contributed by atoms with Crippen molar-refractivity contribution in [3.05, 3.63) is 50.6 Å². The molecule has 2 aromatic heterocycles. The monoisotopic (exact) mass is 350 g/mol. The van der Waals surface area contributed by atoms with E-state index in [4.69, 9.17) is 0 Å². The maximum atomic E-state index is 12.2. The molecule has 2 rings (SSSR count). The number of halogens is 1. The van der Waals surface area contributed by atoms with Crippen molar-refractivity contribution < 1.29 is 0 Å². The minimum Gasteiger partial charge on any atom is -0.377 e. The molecule has 21 heavy (non-hydrogen) atoms. The smallest absolute Gasteiger partial charge is 0.283 e. The molecule has 0 amide bonds. The number of aryl methyl sites for hydroxylation is 1. The molecule has 0 aliphatic carbocycles. The molecule has 6 heteroatoms. The number of pyridine rings is 1. The standard InChI is InChI=1S/C15H19BrN4O/c1-10(2)9-20-15(21)14(16)13(8-19-20)18-7-12-11(3)5-4-6-17-12/h4-6,8,10,18H,7,9H2,1-3H3. The van der Waals surface area contributed by atoms with Gasteiger partial charge in [0.05, 0.1) is 24.1 Å². The number of nitrogens with zero attached hydrogens (tertiary/aromatic N) is 3. The Hall–Kier alpha value is -1.69. The molecule has 1 N–H and O–H groups in total. The number of hydrogen-bond acceptors (Lipinski definition) is 4. The van der Waals surface area contributed by atoms with Crippen LogP contribution in [0.3, 0.4) is 0 Å². The molecule has 0 unspecified atom stereocenters. The lowest BCUT2D eigenvalue weighted by Crippen LogP contribution is -2.26. The van der Waals surface area contributed by atoms with Crippen LogP contribution < -0.4 is 10.9 Å². The van der Waals surface area contributed by atoms with E-state index >= 15 is 0 Å². The second kappa shape index (κ2) is 6.85. The Bertz CT molecular complexity index is 682. The van der Waals surface area contributed by atoms with Gasteiger partial charge in [0.15, 0.2) is 0 Å². The molecule has 0 fully saturated rings. The number of anilines is 1. The van der Waals surface area contributed by atoms with Crippen molar-refractivity contribution in [2.75, 3.05) is 5.32 Å². The number of aromatic nitrogens is 3. The summed E-state index contributed by atoms with van der Waals surface area (Å²) in [5.74, 6) is 0.372. The Morgan fingerprint density at radius 2 is 2.19 bits per heavy atom. The third-order valence-corrected chi connectivity index (χ3v) is 3.85. The summed E-state index contributed by atoms with van der Waals surface area (Å²) in [6.45, 7) is 7.28. The molecular weight excluding hydrogens is 332 g/mol. The Kier molecular flexibility index (Phi) is 5.12. The molecule has 0 bridgehead atoms. The van der Waals surface area contributed by atoms with Gasteiger partial charge in [0, 0.05) is 12.7 Å². The van der Waals surface area contributed by atoms with Crippen molar-refractivity contribution >= 4 is 21.6 Å². The summed E-state index contributed by atoms with van der Waals surface area (Å²) < 4.78 is 1.98. The first-order valence-corrected chi connectivity index (χ1v) is 7.68. The minimum atomic E-state index is -0.119. The van der Waals surface area contributed by atoms with E-state index in [9.17, 15) is 4.79 Å². The summed E-state index contributed by atoms with van der Waals surface area (Å²) in [7, 11) is 0. The van der Waals surface area contributed by atoms with Crippen molar-refractivity contribution in [3.8, 4) is 0 Å². The highest BCUT2D eigenvalue weighted by Crippen LogP contribution is 2.17.